The summed E-state index contributed by atoms with van der Waals surface area (Å²) in [5.74, 6) is 1.25. The lowest BCUT2D eigenvalue weighted by Crippen LogP contribution is -2.39. The molecule has 0 amide bonds. The molecule has 1 aromatic rings. The Morgan fingerprint density at radius 3 is 2.89 bits per heavy atom. The SMILES string of the molecule is c1nc2c(c(N(CC3CCCN3)C3CC3)n1)CCC2. The van der Waals surface area contributed by atoms with E-state index < -0.39 is 0 Å². The van der Waals surface area contributed by atoms with Gasteiger partial charge >= 0.3 is 0 Å². The second kappa shape index (κ2) is 4.75. The van der Waals surface area contributed by atoms with E-state index in [4.69, 9.17) is 0 Å². The Hall–Kier alpha value is -1.16. The Bertz CT molecular complexity index is 463. The number of fused-ring (bicyclic) bond motifs is 1. The van der Waals surface area contributed by atoms with Gasteiger partial charge in [-0.05, 0) is 51.5 Å². The molecule has 4 rings (SSSR count). The largest absolute Gasteiger partial charge is 0.352 e. The summed E-state index contributed by atoms with van der Waals surface area (Å²) in [5, 5.41) is 3.62. The van der Waals surface area contributed by atoms with Gasteiger partial charge in [0.15, 0.2) is 0 Å². The van der Waals surface area contributed by atoms with Crippen LogP contribution in [0.25, 0.3) is 0 Å². The van der Waals surface area contributed by atoms with Crippen LogP contribution in [0.1, 0.15) is 43.4 Å². The van der Waals surface area contributed by atoms with Crippen LogP contribution in [-0.2, 0) is 12.8 Å². The quantitative estimate of drug-likeness (QED) is 0.892. The van der Waals surface area contributed by atoms with Crippen LogP contribution in [0.5, 0.6) is 0 Å². The lowest BCUT2D eigenvalue weighted by Gasteiger charge is -2.28. The summed E-state index contributed by atoms with van der Waals surface area (Å²) in [6, 6.07) is 1.40. The molecule has 1 atom stereocenters. The smallest absolute Gasteiger partial charge is 0.135 e. The monoisotopic (exact) mass is 258 g/mol. The van der Waals surface area contributed by atoms with E-state index in [9.17, 15) is 0 Å². The molecule has 1 saturated heterocycles. The molecule has 0 spiro atoms. The van der Waals surface area contributed by atoms with Crippen LogP contribution in [0.3, 0.4) is 0 Å². The molecule has 1 unspecified atom stereocenters. The highest BCUT2D eigenvalue weighted by atomic mass is 15.3. The summed E-state index contributed by atoms with van der Waals surface area (Å²) < 4.78 is 0. The van der Waals surface area contributed by atoms with E-state index in [-0.39, 0.29) is 0 Å². The fraction of sp³-hybridized carbons (Fsp3) is 0.733. The molecular weight excluding hydrogens is 236 g/mol. The number of hydrogen-bond acceptors (Lipinski definition) is 4. The van der Waals surface area contributed by atoms with E-state index in [1.54, 1.807) is 6.33 Å². The fourth-order valence-corrected chi connectivity index (χ4v) is 3.53. The van der Waals surface area contributed by atoms with Crippen LogP contribution in [0.15, 0.2) is 6.33 Å². The highest BCUT2D eigenvalue weighted by Crippen LogP contribution is 2.35. The molecule has 19 heavy (non-hydrogen) atoms. The van der Waals surface area contributed by atoms with Gasteiger partial charge in [0.2, 0.25) is 0 Å². The van der Waals surface area contributed by atoms with E-state index in [0.717, 1.165) is 19.0 Å². The molecule has 2 heterocycles. The molecule has 1 saturated carbocycles. The van der Waals surface area contributed by atoms with Gasteiger partial charge in [0.25, 0.3) is 0 Å². The molecule has 0 radical (unpaired) electrons. The minimum absolute atomic E-state index is 0.660. The van der Waals surface area contributed by atoms with Gasteiger partial charge in [0.05, 0.1) is 0 Å². The van der Waals surface area contributed by atoms with Crippen molar-refractivity contribution in [2.24, 2.45) is 0 Å². The highest BCUT2D eigenvalue weighted by Gasteiger charge is 2.34. The second-order valence-electron chi connectivity index (χ2n) is 6.15. The summed E-state index contributed by atoms with van der Waals surface area (Å²) in [6.45, 7) is 2.32. The van der Waals surface area contributed by atoms with Crippen molar-refractivity contribution in [3.63, 3.8) is 0 Å². The van der Waals surface area contributed by atoms with Gasteiger partial charge in [-0.3, -0.25) is 0 Å². The molecular formula is C15H22N4. The van der Waals surface area contributed by atoms with Crippen molar-refractivity contribution in [1.29, 1.82) is 0 Å². The van der Waals surface area contributed by atoms with Gasteiger partial charge < -0.3 is 10.2 Å². The van der Waals surface area contributed by atoms with Gasteiger partial charge in [-0.15, -0.1) is 0 Å². The molecule has 2 aliphatic carbocycles. The topological polar surface area (TPSA) is 41.1 Å². The van der Waals surface area contributed by atoms with Crippen molar-refractivity contribution < 1.29 is 0 Å². The van der Waals surface area contributed by atoms with E-state index in [2.05, 4.69) is 20.2 Å². The molecule has 1 N–H and O–H groups in total. The average molecular weight is 258 g/mol. The first kappa shape index (κ1) is 11.6. The van der Waals surface area contributed by atoms with E-state index in [0.29, 0.717) is 6.04 Å². The molecule has 4 heteroatoms. The van der Waals surface area contributed by atoms with Crippen LogP contribution in [-0.4, -0.2) is 35.1 Å². The Balaban J connectivity index is 1.61. The minimum atomic E-state index is 0.660. The van der Waals surface area contributed by atoms with Gasteiger partial charge in [0.1, 0.15) is 12.1 Å². The van der Waals surface area contributed by atoms with Crippen molar-refractivity contribution in [2.45, 2.75) is 57.0 Å². The van der Waals surface area contributed by atoms with Crippen molar-refractivity contribution in [3.05, 3.63) is 17.6 Å². The molecule has 0 aromatic carbocycles. The van der Waals surface area contributed by atoms with Gasteiger partial charge in [-0.1, -0.05) is 0 Å². The maximum absolute atomic E-state index is 4.64. The maximum Gasteiger partial charge on any atom is 0.135 e. The maximum atomic E-state index is 4.64. The predicted octanol–water partition coefficient (Wildman–Crippen LogP) is 1.69. The molecule has 102 valence electrons. The summed E-state index contributed by atoms with van der Waals surface area (Å²) in [4.78, 5) is 11.7. The number of anilines is 1. The number of hydrogen-bond donors (Lipinski definition) is 1. The van der Waals surface area contributed by atoms with E-state index in [1.165, 1.54) is 62.1 Å². The summed E-state index contributed by atoms with van der Waals surface area (Å²) >= 11 is 0. The van der Waals surface area contributed by atoms with Crippen LogP contribution in [0.4, 0.5) is 5.82 Å². The minimum Gasteiger partial charge on any atom is -0.352 e. The Labute approximate surface area is 114 Å². The number of nitrogens with zero attached hydrogens (tertiary/aromatic N) is 3. The Kier molecular flexibility index (Phi) is 2.91. The summed E-state index contributed by atoms with van der Waals surface area (Å²) in [7, 11) is 0. The van der Waals surface area contributed by atoms with E-state index >= 15 is 0 Å². The molecule has 2 fully saturated rings. The Morgan fingerprint density at radius 2 is 2.11 bits per heavy atom. The second-order valence-corrected chi connectivity index (χ2v) is 6.15. The first-order chi connectivity index (χ1) is 9.42. The Morgan fingerprint density at radius 1 is 1.16 bits per heavy atom. The fourth-order valence-electron chi connectivity index (χ4n) is 3.53. The van der Waals surface area contributed by atoms with Crippen LogP contribution >= 0.6 is 0 Å². The zero-order chi connectivity index (χ0) is 12.7. The van der Waals surface area contributed by atoms with Crippen LogP contribution in [0, 0.1) is 0 Å². The first-order valence-corrected chi connectivity index (χ1v) is 7.74. The zero-order valence-electron chi connectivity index (χ0n) is 11.4. The summed E-state index contributed by atoms with van der Waals surface area (Å²) in [5.41, 5.74) is 2.74. The van der Waals surface area contributed by atoms with Crippen molar-refractivity contribution in [2.75, 3.05) is 18.0 Å². The standard InChI is InChI=1S/C15H22N4/c1-4-13-14(5-1)17-10-18-15(13)19(12-6-7-12)9-11-3-2-8-16-11/h10-12,16H,1-9H2. The molecule has 3 aliphatic rings. The third kappa shape index (κ3) is 2.22. The summed E-state index contributed by atoms with van der Waals surface area (Å²) in [6.07, 6.45) is 10.7. The van der Waals surface area contributed by atoms with Crippen molar-refractivity contribution in [3.8, 4) is 0 Å². The number of rotatable bonds is 4. The van der Waals surface area contributed by atoms with Gasteiger partial charge in [-0.2, -0.15) is 0 Å². The van der Waals surface area contributed by atoms with Gasteiger partial charge in [0, 0.05) is 29.9 Å². The van der Waals surface area contributed by atoms with Crippen LogP contribution < -0.4 is 10.2 Å². The number of nitrogens with one attached hydrogen (secondary N) is 1. The normalized spacial score (nSPS) is 25.6. The van der Waals surface area contributed by atoms with Crippen LogP contribution in [0.2, 0.25) is 0 Å². The number of aromatic nitrogens is 2. The molecule has 1 aromatic heterocycles. The van der Waals surface area contributed by atoms with Crippen molar-refractivity contribution >= 4 is 5.82 Å². The predicted molar refractivity (Wildman–Crippen MR) is 75.4 cm³/mol. The molecule has 4 nitrogen and oxygen atoms in total. The lowest BCUT2D eigenvalue weighted by atomic mass is 10.1. The average Bonchev–Trinajstić information content (AvgIpc) is 2.95. The zero-order valence-corrected chi connectivity index (χ0v) is 11.4. The molecule has 0 bridgehead atoms. The number of aryl methyl sites for hydroxylation is 1. The molecule has 1 aliphatic heterocycles. The lowest BCUT2D eigenvalue weighted by molar-refractivity contribution is 0.574. The third-order valence-electron chi connectivity index (χ3n) is 4.69. The highest BCUT2D eigenvalue weighted by molar-refractivity contribution is 5.52. The van der Waals surface area contributed by atoms with Crippen molar-refractivity contribution in [1.82, 2.24) is 15.3 Å². The van der Waals surface area contributed by atoms with E-state index in [1.807, 2.05) is 0 Å². The van der Waals surface area contributed by atoms with Gasteiger partial charge in [-0.25, -0.2) is 9.97 Å². The first-order valence-electron chi connectivity index (χ1n) is 7.74. The third-order valence-corrected chi connectivity index (χ3v) is 4.69.